The lowest BCUT2D eigenvalue weighted by Crippen LogP contribution is -2.43. The number of rotatable bonds is 7. The molecule has 1 fully saturated rings. The van der Waals surface area contributed by atoms with Gasteiger partial charge in [0.1, 0.15) is 11.4 Å². The zero-order valence-corrected chi connectivity index (χ0v) is 26.8. The van der Waals surface area contributed by atoms with E-state index in [1.807, 2.05) is 36.9 Å². The molecule has 242 valence electrons. The van der Waals surface area contributed by atoms with Crippen molar-refractivity contribution in [1.29, 1.82) is 0 Å². The number of anilines is 2. The maximum atomic E-state index is 13.4. The van der Waals surface area contributed by atoms with Crippen molar-refractivity contribution >= 4 is 29.1 Å². The van der Waals surface area contributed by atoms with Crippen molar-refractivity contribution < 1.29 is 9.59 Å². The third-order valence-corrected chi connectivity index (χ3v) is 8.56. The predicted octanol–water partition coefficient (Wildman–Crippen LogP) is 3.88. The van der Waals surface area contributed by atoms with Gasteiger partial charge in [-0.2, -0.15) is 0 Å². The number of pyridine rings is 2. The number of likely N-dealkylation sites (tertiary alicyclic amines) is 1. The molecule has 1 aliphatic heterocycles. The van der Waals surface area contributed by atoms with Crippen molar-refractivity contribution in [1.82, 2.24) is 33.6 Å². The lowest BCUT2D eigenvalue weighted by Gasteiger charge is -2.33. The molecule has 47 heavy (non-hydrogen) atoms. The second-order valence-corrected chi connectivity index (χ2v) is 12.4. The van der Waals surface area contributed by atoms with Crippen LogP contribution >= 0.6 is 0 Å². The van der Waals surface area contributed by atoms with E-state index in [2.05, 4.69) is 26.6 Å². The number of carbonyl (C=O) groups excluding carboxylic acids is 2. The Bertz CT molecular complexity index is 2070. The minimum atomic E-state index is -0.763. The molecule has 0 unspecified atom stereocenters. The fourth-order valence-electron chi connectivity index (χ4n) is 6.02. The Morgan fingerprint density at radius 2 is 1.68 bits per heavy atom. The third kappa shape index (κ3) is 6.03. The van der Waals surface area contributed by atoms with Crippen LogP contribution in [0.5, 0.6) is 0 Å². The molecule has 0 bridgehead atoms. The summed E-state index contributed by atoms with van der Waals surface area (Å²) in [7, 11) is 0. The lowest BCUT2D eigenvalue weighted by atomic mass is 9.88. The molecule has 13 heteroatoms. The minimum absolute atomic E-state index is 0.0266. The molecule has 0 spiro atoms. The van der Waals surface area contributed by atoms with E-state index in [1.54, 1.807) is 48.6 Å². The number of nitrogen functional groups attached to an aromatic ring is 1. The first kappa shape index (κ1) is 31.4. The van der Waals surface area contributed by atoms with Crippen molar-refractivity contribution in [2.24, 2.45) is 5.92 Å². The fraction of sp³-hybridized carbons (Fsp3) is 0.324. The van der Waals surface area contributed by atoms with Gasteiger partial charge in [0, 0.05) is 43.1 Å². The number of aromatic nitrogens is 6. The number of hydrogen-bond donors (Lipinski definition) is 2. The molecule has 0 atom stereocenters. The van der Waals surface area contributed by atoms with Crippen LogP contribution in [0.15, 0.2) is 76.6 Å². The number of hydrogen-bond acceptors (Lipinski definition) is 8. The average Bonchev–Trinajstić information content (AvgIpc) is 3.45. The summed E-state index contributed by atoms with van der Waals surface area (Å²) >= 11 is 0. The van der Waals surface area contributed by atoms with Crippen molar-refractivity contribution in [3.05, 3.63) is 99.0 Å². The van der Waals surface area contributed by atoms with Gasteiger partial charge in [0.2, 0.25) is 11.9 Å². The highest BCUT2D eigenvalue weighted by atomic mass is 16.2. The molecule has 2 amide bonds. The van der Waals surface area contributed by atoms with Gasteiger partial charge in [-0.3, -0.25) is 23.4 Å². The summed E-state index contributed by atoms with van der Waals surface area (Å²) in [5, 5.41) is 11.2. The molecule has 1 saturated heterocycles. The highest BCUT2D eigenvalue weighted by molar-refractivity contribution is 6.04. The maximum Gasteiger partial charge on any atom is 0.337 e. The zero-order valence-electron chi connectivity index (χ0n) is 26.8. The largest absolute Gasteiger partial charge is 0.368 e. The van der Waals surface area contributed by atoms with Gasteiger partial charge in [-0.15, -0.1) is 10.2 Å². The summed E-state index contributed by atoms with van der Waals surface area (Å²) in [6.07, 6.45) is 4.45. The molecule has 3 N–H and O–H groups in total. The molecule has 13 nitrogen and oxygen atoms in total. The van der Waals surface area contributed by atoms with E-state index in [-0.39, 0.29) is 41.1 Å². The molecule has 5 aromatic rings. The first-order valence-electron chi connectivity index (χ1n) is 15.7. The molecule has 1 aliphatic rings. The first-order valence-corrected chi connectivity index (χ1v) is 15.7. The topological polar surface area (TPSA) is 163 Å². The Morgan fingerprint density at radius 1 is 0.957 bits per heavy atom. The number of amides is 2. The summed E-state index contributed by atoms with van der Waals surface area (Å²) in [5.41, 5.74) is 8.47. The molecular weight excluding hydrogens is 598 g/mol. The number of nitrogens with two attached hydrogens (primary N) is 1. The van der Waals surface area contributed by atoms with Crippen LogP contribution in [0, 0.1) is 5.92 Å². The lowest BCUT2D eigenvalue weighted by molar-refractivity contribution is -0.135. The number of carbonyl (C=O) groups is 2. The first-order chi connectivity index (χ1) is 22.5. The zero-order chi connectivity index (χ0) is 33.4. The fourth-order valence-corrected chi connectivity index (χ4v) is 6.02. The van der Waals surface area contributed by atoms with Crippen LogP contribution < -0.4 is 22.3 Å². The van der Waals surface area contributed by atoms with Gasteiger partial charge >= 0.3 is 5.69 Å². The van der Waals surface area contributed by atoms with Crippen molar-refractivity contribution in [2.75, 3.05) is 24.1 Å². The second kappa shape index (κ2) is 12.7. The van der Waals surface area contributed by atoms with E-state index in [0.717, 1.165) is 34.2 Å². The number of nitrogens with one attached hydrogen (secondary N) is 1. The number of fused-ring (bicyclic) bond motifs is 1. The van der Waals surface area contributed by atoms with Crippen molar-refractivity contribution in [3.8, 4) is 17.1 Å². The molecule has 6 rings (SSSR count). The highest BCUT2D eigenvalue weighted by Gasteiger charge is 2.27. The quantitative estimate of drug-likeness (QED) is 0.272. The van der Waals surface area contributed by atoms with Crippen molar-refractivity contribution in [3.63, 3.8) is 0 Å². The Hall–Kier alpha value is -5.59. The van der Waals surface area contributed by atoms with Crippen LogP contribution in [-0.4, -0.2) is 58.5 Å². The second-order valence-electron chi connectivity index (χ2n) is 12.4. The Kier molecular flexibility index (Phi) is 8.46. The van der Waals surface area contributed by atoms with E-state index in [4.69, 9.17) is 5.73 Å². The van der Waals surface area contributed by atoms with Gasteiger partial charge in [-0.1, -0.05) is 32.0 Å². The van der Waals surface area contributed by atoms with Crippen LogP contribution in [0.4, 0.5) is 11.6 Å². The summed E-state index contributed by atoms with van der Waals surface area (Å²) in [5.74, 6) is 0.124. The summed E-state index contributed by atoms with van der Waals surface area (Å²) in [6, 6.07) is 15.8. The van der Waals surface area contributed by atoms with Gasteiger partial charge < -0.3 is 16.0 Å². The van der Waals surface area contributed by atoms with E-state index < -0.39 is 17.2 Å². The van der Waals surface area contributed by atoms with Gasteiger partial charge in [-0.25, -0.2) is 14.3 Å². The minimum Gasteiger partial charge on any atom is -0.368 e. The van der Waals surface area contributed by atoms with Gasteiger partial charge in [0.15, 0.2) is 5.65 Å². The molecule has 1 aromatic carbocycles. The van der Waals surface area contributed by atoms with E-state index >= 15 is 0 Å². The predicted molar refractivity (Wildman–Crippen MR) is 179 cm³/mol. The third-order valence-electron chi connectivity index (χ3n) is 8.56. The summed E-state index contributed by atoms with van der Waals surface area (Å²) < 4.78 is 4.03. The van der Waals surface area contributed by atoms with Crippen LogP contribution in [-0.2, 0) is 4.79 Å². The van der Waals surface area contributed by atoms with Crippen LogP contribution in [0.2, 0.25) is 0 Å². The Balaban J connectivity index is 1.28. The number of benzene rings is 1. The molecular formula is C34H37N9O4. The van der Waals surface area contributed by atoms with Crippen LogP contribution in [0.25, 0.3) is 22.7 Å². The normalized spacial score (nSPS) is 13.9. The standard InChI is InChI=1S/C34H37N9O4/c1-20(2)31(45)40-15-12-22(13-16-40)24-17-27(42-29(18-24)38-39-33(42)35)23-8-10-25(11-9-23)37-30(44)26-19-41(21(3)4)34(47)43(32(26)46)28-7-5-6-14-36-28/h5-11,14,17-22H,12-13,15-16H2,1-4H3,(H2,35,39)(H,37,44). The van der Waals surface area contributed by atoms with Gasteiger partial charge in [-0.05, 0) is 80.1 Å². The van der Waals surface area contributed by atoms with Gasteiger partial charge in [0.25, 0.3) is 11.5 Å². The smallest absolute Gasteiger partial charge is 0.337 e. The average molecular weight is 636 g/mol. The highest BCUT2D eigenvalue weighted by Crippen LogP contribution is 2.33. The van der Waals surface area contributed by atoms with Gasteiger partial charge in [0.05, 0.1) is 5.69 Å². The SMILES string of the molecule is CC(C)C(=O)N1CCC(c2cc(-c3ccc(NC(=O)c4cn(C(C)C)c(=O)n(-c5ccccn5)c4=O)cc3)n3c(N)nnc3c2)CC1. The van der Waals surface area contributed by atoms with Crippen molar-refractivity contribution in [2.45, 2.75) is 52.5 Å². The van der Waals surface area contributed by atoms with E-state index in [1.165, 1.54) is 17.0 Å². The molecule has 5 heterocycles. The molecule has 0 saturated carbocycles. The number of piperidine rings is 1. The molecule has 0 radical (unpaired) electrons. The Labute approximate surface area is 270 Å². The van der Waals surface area contributed by atoms with Crippen LogP contribution in [0.1, 0.15) is 68.4 Å². The van der Waals surface area contributed by atoms with E-state index in [0.29, 0.717) is 24.4 Å². The summed E-state index contributed by atoms with van der Waals surface area (Å²) in [6.45, 7) is 8.83. The molecule has 0 aliphatic carbocycles. The van der Waals surface area contributed by atoms with Crippen LogP contribution in [0.3, 0.4) is 0 Å². The molecule has 4 aromatic heterocycles. The van der Waals surface area contributed by atoms with E-state index in [9.17, 15) is 19.2 Å². The number of nitrogens with zero attached hydrogens (tertiary/aromatic N) is 7. The maximum absolute atomic E-state index is 13.4. The summed E-state index contributed by atoms with van der Waals surface area (Å²) in [4.78, 5) is 58.6. The Morgan fingerprint density at radius 3 is 2.32 bits per heavy atom. The monoisotopic (exact) mass is 635 g/mol.